The molecular formula is C21H30N2O5S. The molecule has 0 aromatic heterocycles. The number of hydrogen-bond donors (Lipinski definition) is 0. The molecule has 29 heavy (non-hydrogen) atoms. The van der Waals surface area contributed by atoms with Crippen molar-refractivity contribution in [1.29, 1.82) is 0 Å². The summed E-state index contributed by atoms with van der Waals surface area (Å²) < 4.78 is 39.3. The smallest absolute Gasteiger partial charge is 0.267 e. The lowest BCUT2D eigenvalue weighted by molar-refractivity contribution is -0.142. The summed E-state index contributed by atoms with van der Waals surface area (Å²) in [7, 11) is -1.93. The van der Waals surface area contributed by atoms with Crippen LogP contribution in [0.15, 0.2) is 23.1 Å². The SMILES string of the molecule is CN(C1CCCCC1)S(=O)(=O)c1ccc2c(c1)OCC(C(=O)N1CCCCC1)O2. The quantitative estimate of drug-likeness (QED) is 0.746. The van der Waals surface area contributed by atoms with Crippen LogP contribution in [0, 0.1) is 0 Å². The van der Waals surface area contributed by atoms with E-state index in [0.717, 1.165) is 58.0 Å². The highest BCUT2D eigenvalue weighted by atomic mass is 32.2. The van der Waals surface area contributed by atoms with Gasteiger partial charge in [0.1, 0.15) is 6.61 Å². The number of sulfonamides is 1. The minimum Gasteiger partial charge on any atom is -0.485 e. The fraction of sp³-hybridized carbons (Fsp3) is 0.667. The molecule has 0 spiro atoms. The zero-order valence-corrected chi connectivity index (χ0v) is 17.8. The first-order chi connectivity index (χ1) is 14.0. The number of rotatable bonds is 4. The molecule has 2 fully saturated rings. The van der Waals surface area contributed by atoms with Crippen molar-refractivity contribution < 1.29 is 22.7 Å². The molecule has 3 aliphatic rings. The van der Waals surface area contributed by atoms with E-state index < -0.39 is 16.1 Å². The Morgan fingerprint density at radius 2 is 1.72 bits per heavy atom. The van der Waals surface area contributed by atoms with Crippen molar-refractivity contribution >= 4 is 15.9 Å². The molecule has 1 atom stereocenters. The number of fused-ring (bicyclic) bond motifs is 1. The lowest BCUT2D eigenvalue weighted by atomic mass is 9.96. The molecule has 2 heterocycles. The third kappa shape index (κ3) is 4.23. The van der Waals surface area contributed by atoms with Gasteiger partial charge in [-0.1, -0.05) is 19.3 Å². The summed E-state index contributed by atoms with van der Waals surface area (Å²) in [4.78, 5) is 14.7. The standard InChI is InChI=1S/C21H30N2O5S/c1-22(16-8-4-2-5-9-16)29(25,26)17-10-11-18-19(14-17)27-15-20(28-18)21(24)23-12-6-3-7-13-23/h10-11,14,16,20H,2-9,12-13,15H2,1H3. The fourth-order valence-corrected chi connectivity index (χ4v) is 5.89. The Labute approximate surface area is 173 Å². The second-order valence-corrected chi connectivity index (χ2v) is 10.2. The Morgan fingerprint density at radius 1 is 1.03 bits per heavy atom. The maximum absolute atomic E-state index is 13.1. The first-order valence-corrected chi connectivity index (χ1v) is 12.1. The third-order valence-electron chi connectivity index (χ3n) is 6.28. The van der Waals surface area contributed by atoms with Gasteiger partial charge in [0.2, 0.25) is 16.1 Å². The summed E-state index contributed by atoms with van der Waals surface area (Å²) in [5.74, 6) is 0.751. The van der Waals surface area contributed by atoms with Gasteiger partial charge in [-0.3, -0.25) is 4.79 Å². The first kappa shape index (κ1) is 20.5. The van der Waals surface area contributed by atoms with Crippen LogP contribution in [0.5, 0.6) is 11.5 Å². The van der Waals surface area contributed by atoms with Gasteiger partial charge in [-0.15, -0.1) is 0 Å². The Bertz CT molecular complexity index is 845. The minimum absolute atomic E-state index is 0.0495. The highest BCUT2D eigenvalue weighted by Crippen LogP contribution is 2.36. The highest BCUT2D eigenvalue weighted by Gasteiger charge is 2.34. The van der Waals surface area contributed by atoms with Gasteiger partial charge >= 0.3 is 0 Å². The maximum atomic E-state index is 13.1. The number of likely N-dealkylation sites (tertiary alicyclic amines) is 1. The summed E-state index contributed by atoms with van der Waals surface area (Å²) in [5.41, 5.74) is 0. The van der Waals surface area contributed by atoms with Crippen molar-refractivity contribution in [2.45, 2.75) is 68.4 Å². The number of ether oxygens (including phenoxy) is 2. The van der Waals surface area contributed by atoms with Gasteiger partial charge in [-0.25, -0.2) is 8.42 Å². The Balaban J connectivity index is 1.47. The minimum atomic E-state index is -3.60. The van der Waals surface area contributed by atoms with E-state index in [1.165, 1.54) is 16.8 Å². The number of carbonyl (C=O) groups excluding carboxylic acids is 1. The number of hydrogen-bond acceptors (Lipinski definition) is 5. The van der Waals surface area contributed by atoms with Crippen LogP contribution in [0.3, 0.4) is 0 Å². The molecule has 8 heteroatoms. The Morgan fingerprint density at radius 3 is 2.45 bits per heavy atom. The third-order valence-corrected chi connectivity index (χ3v) is 8.19. The molecule has 1 saturated carbocycles. The van der Waals surface area contributed by atoms with Crippen LogP contribution in [0.25, 0.3) is 0 Å². The summed E-state index contributed by atoms with van der Waals surface area (Å²) in [6.45, 7) is 1.62. The number of carbonyl (C=O) groups is 1. The molecule has 2 aliphatic heterocycles. The number of nitrogens with zero attached hydrogens (tertiary/aromatic N) is 2. The number of benzene rings is 1. The van der Waals surface area contributed by atoms with E-state index in [0.29, 0.717) is 11.5 Å². The molecule has 0 N–H and O–H groups in total. The van der Waals surface area contributed by atoms with Crippen molar-refractivity contribution in [2.24, 2.45) is 0 Å². The maximum Gasteiger partial charge on any atom is 0.267 e. The van der Waals surface area contributed by atoms with Crippen LogP contribution >= 0.6 is 0 Å². The van der Waals surface area contributed by atoms with Crippen LogP contribution in [0.2, 0.25) is 0 Å². The van der Waals surface area contributed by atoms with E-state index >= 15 is 0 Å². The molecule has 0 bridgehead atoms. The van der Waals surface area contributed by atoms with Gasteiger partial charge in [0, 0.05) is 32.2 Å². The highest BCUT2D eigenvalue weighted by molar-refractivity contribution is 7.89. The van der Waals surface area contributed by atoms with Crippen LogP contribution in [-0.2, 0) is 14.8 Å². The van der Waals surface area contributed by atoms with Gasteiger partial charge in [0.15, 0.2) is 11.5 Å². The number of amides is 1. The molecule has 4 rings (SSSR count). The predicted octanol–water partition coefficient (Wildman–Crippen LogP) is 2.79. The van der Waals surface area contributed by atoms with Gasteiger partial charge in [0.25, 0.3) is 5.91 Å². The summed E-state index contributed by atoms with van der Waals surface area (Å²) >= 11 is 0. The largest absolute Gasteiger partial charge is 0.485 e. The van der Waals surface area contributed by atoms with E-state index in [2.05, 4.69) is 0 Å². The summed E-state index contributed by atoms with van der Waals surface area (Å²) in [6, 6.07) is 4.72. The second-order valence-electron chi connectivity index (χ2n) is 8.23. The first-order valence-electron chi connectivity index (χ1n) is 10.7. The van der Waals surface area contributed by atoms with Crippen molar-refractivity contribution in [3.63, 3.8) is 0 Å². The molecule has 7 nitrogen and oxygen atoms in total. The van der Waals surface area contributed by atoms with Gasteiger partial charge in [0.05, 0.1) is 4.90 Å². The van der Waals surface area contributed by atoms with Gasteiger partial charge in [-0.05, 0) is 44.2 Å². The predicted molar refractivity (Wildman–Crippen MR) is 109 cm³/mol. The molecule has 1 aromatic rings. The molecular weight excluding hydrogens is 392 g/mol. The molecule has 0 radical (unpaired) electrons. The van der Waals surface area contributed by atoms with Crippen LogP contribution < -0.4 is 9.47 Å². The van der Waals surface area contributed by atoms with Gasteiger partial charge in [-0.2, -0.15) is 4.31 Å². The van der Waals surface area contributed by atoms with Crippen molar-refractivity contribution in [1.82, 2.24) is 9.21 Å². The molecule has 1 aliphatic carbocycles. The summed E-state index contributed by atoms with van der Waals surface area (Å²) in [6.07, 6.45) is 7.63. The fourth-order valence-electron chi connectivity index (χ4n) is 4.46. The van der Waals surface area contributed by atoms with E-state index in [9.17, 15) is 13.2 Å². The average Bonchev–Trinajstić information content (AvgIpc) is 2.78. The average molecular weight is 423 g/mol. The number of piperidine rings is 1. The molecule has 160 valence electrons. The van der Waals surface area contributed by atoms with E-state index in [-0.39, 0.29) is 23.5 Å². The Hall–Kier alpha value is -1.80. The van der Waals surface area contributed by atoms with Crippen molar-refractivity contribution in [2.75, 3.05) is 26.7 Å². The van der Waals surface area contributed by atoms with Crippen molar-refractivity contribution in [3.05, 3.63) is 18.2 Å². The van der Waals surface area contributed by atoms with E-state index in [1.54, 1.807) is 19.2 Å². The molecule has 1 aromatic carbocycles. The lowest BCUT2D eigenvalue weighted by Crippen LogP contribution is -2.48. The van der Waals surface area contributed by atoms with Crippen LogP contribution in [0.4, 0.5) is 0 Å². The second kappa shape index (κ2) is 8.52. The normalized spacial score (nSPS) is 23.2. The van der Waals surface area contributed by atoms with Crippen molar-refractivity contribution in [3.8, 4) is 11.5 Å². The van der Waals surface area contributed by atoms with E-state index in [4.69, 9.17) is 9.47 Å². The topological polar surface area (TPSA) is 76.2 Å². The molecule has 1 amide bonds. The molecule has 1 unspecified atom stereocenters. The zero-order chi connectivity index (χ0) is 20.4. The monoisotopic (exact) mass is 422 g/mol. The Kier molecular flexibility index (Phi) is 6.01. The van der Waals surface area contributed by atoms with Crippen LogP contribution in [-0.4, -0.2) is 62.4 Å². The van der Waals surface area contributed by atoms with E-state index in [1.807, 2.05) is 4.90 Å². The van der Waals surface area contributed by atoms with Crippen LogP contribution in [0.1, 0.15) is 51.4 Å². The molecule has 1 saturated heterocycles. The zero-order valence-electron chi connectivity index (χ0n) is 17.0. The van der Waals surface area contributed by atoms with Gasteiger partial charge < -0.3 is 14.4 Å². The lowest BCUT2D eigenvalue weighted by Gasteiger charge is -2.33. The summed E-state index contributed by atoms with van der Waals surface area (Å²) in [5, 5.41) is 0.